The van der Waals surface area contributed by atoms with E-state index in [1.165, 1.54) is 12.1 Å². The summed E-state index contributed by atoms with van der Waals surface area (Å²) >= 11 is 0. The van der Waals surface area contributed by atoms with Crippen molar-refractivity contribution in [3.8, 4) is 5.75 Å². The minimum atomic E-state index is -0.587. The monoisotopic (exact) mass is 344 g/mol. The van der Waals surface area contributed by atoms with Crippen LogP contribution < -0.4 is 10.1 Å². The van der Waals surface area contributed by atoms with Crippen LogP contribution in [0.1, 0.15) is 26.2 Å². The van der Waals surface area contributed by atoms with Gasteiger partial charge in [-0.1, -0.05) is 6.07 Å². The lowest BCUT2D eigenvalue weighted by molar-refractivity contribution is -0.139. The lowest BCUT2D eigenvalue weighted by Gasteiger charge is -2.33. The van der Waals surface area contributed by atoms with E-state index in [4.69, 9.17) is 4.74 Å². The summed E-state index contributed by atoms with van der Waals surface area (Å²) in [6.07, 6.45) is 2.66. The molecule has 2 rings (SSSR count). The van der Waals surface area contributed by atoms with Crippen LogP contribution in [0.4, 0.5) is 4.39 Å². The predicted octanol–water partition coefficient (Wildman–Crippen LogP) is 2.86. The number of rotatable bonds is 6. The average Bonchev–Trinajstić information content (AvgIpc) is 2.52. The summed E-state index contributed by atoms with van der Waals surface area (Å²) in [5, 5.41) is 3.17. The molecule has 0 bridgehead atoms. The number of ether oxygens (including phenoxy) is 1. The molecule has 1 atom stereocenters. The van der Waals surface area contributed by atoms with Gasteiger partial charge in [0.05, 0.1) is 0 Å². The fourth-order valence-corrected chi connectivity index (χ4v) is 2.84. The maximum absolute atomic E-state index is 13.1. The summed E-state index contributed by atoms with van der Waals surface area (Å²) in [7, 11) is 1.96. The number of likely N-dealkylation sites (tertiary alicyclic amines) is 1. The third-order valence-electron chi connectivity index (χ3n) is 4.19. The highest BCUT2D eigenvalue weighted by Crippen LogP contribution is 2.21. The van der Waals surface area contributed by atoms with Crippen LogP contribution in [0.5, 0.6) is 5.75 Å². The Morgan fingerprint density at radius 2 is 2.13 bits per heavy atom. The molecular weight excluding hydrogens is 319 g/mol. The van der Waals surface area contributed by atoms with Crippen LogP contribution in [0.15, 0.2) is 24.3 Å². The molecule has 0 aromatic heterocycles. The standard InChI is InChI=1S/C17H25FN2O2.ClH/c1-13(22-16-5-3-4-15(18)12-16)17(21)20-10-7-14(8-11-20)6-9-19-2;/h3-5,12-14,19H,6-11H2,1-2H3;1H. The van der Waals surface area contributed by atoms with E-state index in [2.05, 4.69) is 5.32 Å². The molecule has 1 saturated heterocycles. The van der Waals surface area contributed by atoms with E-state index in [9.17, 15) is 9.18 Å². The molecule has 1 amide bonds. The number of halogens is 2. The van der Waals surface area contributed by atoms with Gasteiger partial charge >= 0.3 is 0 Å². The molecule has 1 fully saturated rings. The van der Waals surface area contributed by atoms with Gasteiger partial charge in [0, 0.05) is 19.2 Å². The molecule has 1 aliphatic rings. The summed E-state index contributed by atoms with van der Waals surface area (Å²) in [6, 6.07) is 5.90. The number of amides is 1. The summed E-state index contributed by atoms with van der Waals surface area (Å²) < 4.78 is 18.7. The number of benzene rings is 1. The topological polar surface area (TPSA) is 41.6 Å². The van der Waals surface area contributed by atoms with E-state index in [0.717, 1.165) is 38.9 Å². The zero-order valence-electron chi connectivity index (χ0n) is 13.8. The summed E-state index contributed by atoms with van der Waals surface area (Å²) in [4.78, 5) is 14.3. The third-order valence-corrected chi connectivity index (χ3v) is 4.19. The number of carbonyl (C=O) groups excluding carboxylic acids is 1. The van der Waals surface area contributed by atoms with Gasteiger partial charge in [-0.2, -0.15) is 0 Å². The molecule has 0 spiro atoms. The van der Waals surface area contributed by atoms with Gasteiger partial charge in [-0.05, 0) is 57.8 Å². The molecule has 6 heteroatoms. The average molecular weight is 345 g/mol. The zero-order valence-corrected chi connectivity index (χ0v) is 14.6. The van der Waals surface area contributed by atoms with Crippen LogP contribution in [0.2, 0.25) is 0 Å². The minimum Gasteiger partial charge on any atom is -0.481 e. The van der Waals surface area contributed by atoms with Gasteiger partial charge < -0.3 is 15.0 Å². The normalized spacial score (nSPS) is 16.6. The van der Waals surface area contributed by atoms with Gasteiger partial charge in [0.2, 0.25) is 0 Å². The molecule has 0 saturated carbocycles. The Hall–Kier alpha value is -1.33. The lowest BCUT2D eigenvalue weighted by Crippen LogP contribution is -2.45. The number of hydrogen-bond donors (Lipinski definition) is 1. The molecule has 1 aliphatic heterocycles. The number of hydrogen-bond acceptors (Lipinski definition) is 3. The summed E-state index contributed by atoms with van der Waals surface area (Å²) in [5.74, 6) is 0.708. The third kappa shape index (κ3) is 5.99. The van der Waals surface area contributed by atoms with Crippen molar-refractivity contribution in [3.05, 3.63) is 30.1 Å². The van der Waals surface area contributed by atoms with E-state index in [1.54, 1.807) is 19.1 Å². The molecule has 130 valence electrons. The Kier molecular flexibility index (Phi) is 8.34. The van der Waals surface area contributed by atoms with Gasteiger partial charge in [-0.15, -0.1) is 12.4 Å². The quantitative estimate of drug-likeness (QED) is 0.862. The first-order valence-electron chi connectivity index (χ1n) is 7.95. The molecular formula is C17H26ClFN2O2. The van der Waals surface area contributed by atoms with E-state index in [-0.39, 0.29) is 24.1 Å². The van der Waals surface area contributed by atoms with E-state index in [0.29, 0.717) is 11.7 Å². The Bertz CT molecular complexity index is 493. The van der Waals surface area contributed by atoms with Gasteiger partial charge in [0.1, 0.15) is 11.6 Å². The van der Waals surface area contributed by atoms with Crippen molar-refractivity contribution in [2.24, 2.45) is 5.92 Å². The molecule has 1 heterocycles. The van der Waals surface area contributed by atoms with E-state index in [1.807, 2.05) is 11.9 Å². The molecule has 1 N–H and O–H groups in total. The smallest absolute Gasteiger partial charge is 0.263 e. The van der Waals surface area contributed by atoms with Crippen molar-refractivity contribution >= 4 is 18.3 Å². The van der Waals surface area contributed by atoms with Crippen molar-refractivity contribution in [1.29, 1.82) is 0 Å². The maximum Gasteiger partial charge on any atom is 0.263 e. The second kappa shape index (κ2) is 9.73. The molecule has 1 aromatic rings. The van der Waals surface area contributed by atoms with Crippen molar-refractivity contribution in [1.82, 2.24) is 10.2 Å². The van der Waals surface area contributed by atoms with Gasteiger partial charge in [-0.25, -0.2) is 4.39 Å². The summed E-state index contributed by atoms with van der Waals surface area (Å²) in [5.41, 5.74) is 0. The lowest BCUT2D eigenvalue weighted by atomic mass is 9.93. The molecule has 23 heavy (non-hydrogen) atoms. The first kappa shape index (κ1) is 19.7. The highest BCUT2D eigenvalue weighted by atomic mass is 35.5. The van der Waals surface area contributed by atoms with E-state index >= 15 is 0 Å². The zero-order chi connectivity index (χ0) is 15.9. The first-order chi connectivity index (χ1) is 10.6. The van der Waals surface area contributed by atoms with Crippen LogP contribution >= 0.6 is 12.4 Å². The van der Waals surface area contributed by atoms with Crippen molar-refractivity contribution in [2.75, 3.05) is 26.7 Å². The highest BCUT2D eigenvalue weighted by Gasteiger charge is 2.26. The Morgan fingerprint density at radius 3 is 2.74 bits per heavy atom. The maximum atomic E-state index is 13.1. The molecule has 0 aliphatic carbocycles. The Morgan fingerprint density at radius 1 is 1.43 bits per heavy atom. The van der Waals surface area contributed by atoms with Crippen molar-refractivity contribution in [2.45, 2.75) is 32.3 Å². The Labute approximate surface area is 143 Å². The largest absolute Gasteiger partial charge is 0.481 e. The molecule has 1 aromatic carbocycles. The predicted molar refractivity (Wildman–Crippen MR) is 91.6 cm³/mol. The SMILES string of the molecule is CNCCC1CCN(C(=O)C(C)Oc2cccc(F)c2)CC1.Cl. The number of nitrogens with zero attached hydrogens (tertiary/aromatic N) is 1. The fourth-order valence-electron chi connectivity index (χ4n) is 2.84. The second-order valence-electron chi connectivity index (χ2n) is 5.88. The van der Waals surface area contributed by atoms with Crippen LogP contribution in [0.25, 0.3) is 0 Å². The van der Waals surface area contributed by atoms with Gasteiger partial charge in [0.25, 0.3) is 5.91 Å². The summed E-state index contributed by atoms with van der Waals surface area (Å²) in [6.45, 7) is 4.31. The van der Waals surface area contributed by atoms with Crippen LogP contribution in [0.3, 0.4) is 0 Å². The number of nitrogens with one attached hydrogen (secondary N) is 1. The van der Waals surface area contributed by atoms with Crippen LogP contribution in [-0.2, 0) is 4.79 Å². The number of carbonyl (C=O) groups is 1. The van der Waals surface area contributed by atoms with Gasteiger partial charge in [0.15, 0.2) is 6.10 Å². The molecule has 1 unspecified atom stereocenters. The van der Waals surface area contributed by atoms with Crippen molar-refractivity contribution < 1.29 is 13.9 Å². The van der Waals surface area contributed by atoms with E-state index < -0.39 is 6.10 Å². The number of piperidine rings is 1. The fraction of sp³-hybridized carbons (Fsp3) is 0.588. The second-order valence-corrected chi connectivity index (χ2v) is 5.88. The van der Waals surface area contributed by atoms with Crippen molar-refractivity contribution in [3.63, 3.8) is 0 Å². The first-order valence-corrected chi connectivity index (χ1v) is 7.95. The minimum absolute atomic E-state index is 0. The van der Waals surface area contributed by atoms with Crippen LogP contribution in [0, 0.1) is 11.7 Å². The molecule has 4 nitrogen and oxygen atoms in total. The Balaban J connectivity index is 0.00000264. The van der Waals surface area contributed by atoms with Crippen LogP contribution in [-0.4, -0.2) is 43.6 Å². The van der Waals surface area contributed by atoms with Gasteiger partial charge in [-0.3, -0.25) is 4.79 Å². The highest BCUT2D eigenvalue weighted by molar-refractivity contribution is 5.85. The molecule has 0 radical (unpaired) electrons.